The van der Waals surface area contributed by atoms with Gasteiger partial charge in [0.2, 0.25) is 11.8 Å². The minimum Gasteiger partial charge on any atom is -0.492 e. The molecule has 1 aliphatic carbocycles. The molecule has 0 atom stereocenters. The number of hydrogen-bond donors (Lipinski definition) is 2. The van der Waals surface area contributed by atoms with Gasteiger partial charge < -0.3 is 15.3 Å². The van der Waals surface area contributed by atoms with Crippen LogP contribution >= 0.6 is 0 Å². The second-order valence-electron chi connectivity index (χ2n) is 8.27. The molecule has 0 aromatic carbocycles. The Kier molecular flexibility index (Phi) is 5.08. The number of carbonyl (C=O) groups is 2. The van der Waals surface area contributed by atoms with E-state index < -0.39 is 23.5 Å². The standard InChI is InChI=1S/C20H24FN5O4/c1-11(2)8-25-18-12(3-6-15(27)24-9-13(21)10-24)7-22-26(18)20(30)16(19(25)29)17(28)23-14-4-5-14/h3,6-7,11,13-14,30H,4-5,8-10H2,1-2H3,(H,23,28)/b6-3+. The molecule has 2 aromatic heterocycles. The summed E-state index contributed by atoms with van der Waals surface area (Å²) < 4.78 is 15.5. The highest BCUT2D eigenvalue weighted by atomic mass is 19.1. The van der Waals surface area contributed by atoms with Crippen LogP contribution in [-0.4, -0.2) is 61.3 Å². The maximum atomic E-state index is 13.1. The molecule has 0 unspecified atom stereocenters. The molecular weight excluding hydrogens is 393 g/mol. The highest BCUT2D eigenvalue weighted by Gasteiger charge is 2.30. The van der Waals surface area contributed by atoms with E-state index in [1.54, 1.807) is 0 Å². The van der Waals surface area contributed by atoms with Gasteiger partial charge in [-0.3, -0.25) is 19.0 Å². The van der Waals surface area contributed by atoms with Crippen LogP contribution in [0.1, 0.15) is 42.6 Å². The fourth-order valence-corrected chi connectivity index (χ4v) is 3.42. The van der Waals surface area contributed by atoms with E-state index >= 15 is 0 Å². The summed E-state index contributed by atoms with van der Waals surface area (Å²) in [6.45, 7) is 4.27. The first-order valence-electron chi connectivity index (χ1n) is 10.0. The van der Waals surface area contributed by atoms with E-state index in [1.807, 2.05) is 13.8 Å². The first kappa shape index (κ1) is 20.1. The zero-order valence-corrected chi connectivity index (χ0v) is 16.8. The van der Waals surface area contributed by atoms with Crippen molar-refractivity contribution in [1.82, 2.24) is 24.4 Å². The van der Waals surface area contributed by atoms with Crippen LogP contribution in [0.3, 0.4) is 0 Å². The van der Waals surface area contributed by atoms with Gasteiger partial charge >= 0.3 is 0 Å². The van der Waals surface area contributed by atoms with Gasteiger partial charge in [-0.1, -0.05) is 13.8 Å². The summed E-state index contributed by atoms with van der Waals surface area (Å²) in [6, 6.07) is 0.0260. The highest BCUT2D eigenvalue weighted by Crippen LogP contribution is 2.23. The molecular formula is C20H24FN5O4. The van der Waals surface area contributed by atoms with E-state index in [0.717, 1.165) is 17.4 Å². The first-order chi connectivity index (χ1) is 14.3. The van der Waals surface area contributed by atoms with Crippen molar-refractivity contribution < 1.29 is 19.1 Å². The summed E-state index contributed by atoms with van der Waals surface area (Å²) in [5.41, 5.74) is -0.247. The number of amides is 2. The number of fused-ring (bicyclic) bond motifs is 1. The van der Waals surface area contributed by atoms with Gasteiger partial charge in [0.25, 0.3) is 11.5 Å². The van der Waals surface area contributed by atoms with Gasteiger partial charge in [0.05, 0.1) is 19.3 Å². The van der Waals surface area contributed by atoms with Gasteiger partial charge in [-0.05, 0) is 24.8 Å². The molecule has 1 aliphatic heterocycles. The molecule has 3 heterocycles. The predicted molar refractivity (Wildman–Crippen MR) is 107 cm³/mol. The molecule has 0 bridgehead atoms. The van der Waals surface area contributed by atoms with Crippen LogP contribution < -0.4 is 10.9 Å². The molecule has 9 nitrogen and oxygen atoms in total. The molecule has 160 valence electrons. The van der Waals surface area contributed by atoms with Crippen LogP contribution in [0.2, 0.25) is 0 Å². The lowest BCUT2D eigenvalue weighted by molar-refractivity contribution is -0.132. The minimum atomic E-state index is -0.993. The fourth-order valence-electron chi connectivity index (χ4n) is 3.42. The Morgan fingerprint density at radius 1 is 1.37 bits per heavy atom. The molecule has 10 heteroatoms. The Balaban J connectivity index is 1.77. The molecule has 30 heavy (non-hydrogen) atoms. The van der Waals surface area contributed by atoms with Gasteiger partial charge in [0, 0.05) is 24.2 Å². The number of aromatic nitrogens is 3. The van der Waals surface area contributed by atoms with Crippen LogP contribution in [0.25, 0.3) is 11.7 Å². The van der Waals surface area contributed by atoms with E-state index in [1.165, 1.54) is 27.8 Å². The zero-order chi connectivity index (χ0) is 21.6. The van der Waals surface area contributed by atoms with Crippen molar-refractivity contribution >= 4 is 23.5 Å². The van der Waals surface area contributed by atoms with Crippen molar-refractivity contribution in [1.29, 1.82) is 0 Å². The quantitative estimate of drug-likeness (QED) is 0.680. The number of likely N-dealkylation sites (tertiary alicyclic amines) is 1. The van der Waals surface area contributed by atoms with Crippen molar-refractivity contribution in [3.8, 4) is 5.88 Å². The first-order valence-corrected chi connectivity index (χ1v) is 10.0. The smallest absolute Gasteiger partial charge is 0.270 e. The van der Waals surface area contributed by atoms with Crippen LogP contribution in [0.15, 0.2) is 17.1 Å². The monoisotopic (exact) mass is 417 g/mol. The molecule has 2 N–H and O–H groups in total. The summed E-state index contributed by atoms with van der Waals surface area (Å²) in [5.74, 6) is -1.43. The molecule has 2 aliphatic rings. The lowest BCUT2D eigenvalue weighted by Gasteiger charge is -2.33. The van der Waals surface area contributed by atoms with Crippen LogP contribution in [-0.2, 0) is 11.3 Å². The maximum Gasteiger partial charge on any atom is 0.270 e. The number of halogens is 1. The summed E-state index contributed by atoms with van der Waals surface area (Å²) >= 11 is 0. The molecule has 1 saturated carbocycles. The average Bonchev–Trinajstić information content (AvgIpc) is 3.36. The minimum absolute atomic E-state index is 0.0260. The van der Waals surface area contributed by atoms with Crippen molar-refractivity contribution in [2.45, 2.75) is 45.4 Å². The topological polar surface area (TPSA) is 109 Å². The normalized spacial score (nSPS) is 17.1. The summed E-state index contributed by atoms with van der Waals surface area (Å²) in [7, 11) is 0. The molecule has 0 spiro atoms. The number of aromatic hydroxyl groups is 1. The summed E-state index contributed by atoms with van der Waals surface area (Å²) in [6.07, 6.45) is 4.88. The fraction of sp³-hybridized carbons (Fsp3) is 0.500. The third-order valence-corrected chi connectivity index (χ3v) is 5.15. The number of nitrogens with zero attached hydrogens (tertiary/aromatic N) is 4. The maximum absolute atomic E-state index is 13.1. The van der Waals surface area contributed by atoms with E-state index in [2.05, 4.69) is 10.4 Å². The van der Waals surface area contributed by atoms with Crippen molar-refractivity contribution in [3.63, 3.8) is 0 Å². The Morgan fingerprint density at radius 3 is 2.67 bits per heavy atom. The number of hydrogen-bond acceptors (Lipinski definition) is 5. The third kappa shape index (κ3) is 3.69. The average molecular weight is 417 g/mol. The number of nitrogens with one attached hydrogen (secondary N) is 1. The zero-order valence-electron chi connectivity index (χ0n) is 16.8. The molecule has 2 amide bonds. The van der Waals surface area contributed by atoms with Crippen LogP contribution in [0.4, 0.5) is 4.39 Å². The Hall–Kier alpha value is -3.17. The molecule has 4 rings (SSSR count). The Bertz CT molecular complexity index is 1090. The van der Waals surface area contributed by atoms with E-state index in [9.17, 15) is 23.9 Å². The van der Waals surface area contributed by atoms with Gasteiger partial charge in [0.1, 0.15) is 11.8 Å². The summed E-state index contributed by atoms with van der Waals surface area (Å²) in [4.78, 5) is 39.2. The van der Waals surface area contributed by atoms with Gasteiger partial charge in [-0.15, -0.1) is 0 Å². The van der Waals surface area contributed by atoms with E-state index in [4.69, 9.17) is 0 Å². The van der Waals surface area contributed by atoms with Crippen molar-refractivity contribution in [3.05, 3.63) is 33.8 Å². The Labute approximate surface area is 171 Å². The van der Waals surface area contributed by atoms with E-state index in [-0.39, 0.29) is 42.2 Å². The predicted octanol–water partition coefficient (Wildman–Crippen LogP) is 0.943. The van der Waals surface area contributed by atoms with Gasteiger partial charge in [-0.2, -0.15) is 9.61 Å². The molecule has 0 radical (unpaired) electrons. The van der Waals surface area contributed by atoms with Gasteiger partial charge in [0.15, 0.2) is 5.56 Å². The molecule has 2 aromatic rings. The Morgan fingerprint density at radius 2 is 2.07 bits per heavy atom. The third-order valence-electron chi connectivity index (χ3n) is 5.15. The largest absolute Gasteiger partial charge is 0.492 e. The highest BCUT2D eigenvalue weighted by molar-refractivity contribution is 5.97. The van der Waals surface area contributed by atoms with Crippen LogP contribution in [0.5, 0.6) is 5.88 Å². The number of alkyl halides is 1. The SMILES string of the molecule is CC(C)Cn1c(=O)c(C(=O)NC2CC2)c(O)n2ncc(/C=C/C(=O)N3CC(F)C3)c12. The van der Waals surface area contributed by atoms with Crippen molar-refractivity contribution in [2.24, 2.45) is 5.92 Å². The van der Waals surface area contributed by atoms with E-state index in [0.29, 0.717) is 12.1 Å². The summed E-state index contributed by atoms with van der Waals surface area (Å²) in [5, 5.41) is 17.5. The number of rotatable bonds is 6. The van der Waals surface area contributed by atoms with Crippen LogP contribution in [0, 0.1) is 5.92 Å². The lowest BCUT2D eigenvalue weighted by Crippen LogP contribution is -2.50. The molecule has 2 fully saturated rings. The second-order valence-corrected chi connectivity index (χ2v) is 8.27. The second kappa shape index (κ2) is 7.58. The van der Waals surface area contributed by atoms with Gasteiger partial charge in [-0.25, -0.2) is 4.39 Å². The number of carbonyl (C=O) groups excluding carboxylic acids is 2. The van der Waals surface area contributed by atoms with Crippen molar-refractivity contribution in [2.75, 3.05) is 13.1 Å². The molecule has 1 saturated heterocycles. The lowest BCUT2D eigenvalue weighted by atomic mass is 10.1.